The van der Waals surface area contributed by atoms with Crippen LogP contribution in [0.2, 0.25) is 0 Å². The largest absolute Gasteiger partial charge is 0.455 e. The first-order valence-electron chi connectivity index (χ1n) is 21.4. The van der Waals surface area contributed by atoms with E-state index < -0.39 is 0 Å². The number of thiophene rings is 1. The van der Waals surface area contributed by atoms with Crippen molar-refractivity contribution in [2.75, 3.05) is 0 Å². The first-order chi connectivity index (χ1) is 31.7. The zero-order chi connectivity index (χ0) is 41.9. The fraction of sp³-hybridized carbons (Fsp3) is 0. The Bertz CT molecular complexity index is 4200. The van der Waals surface area contributed by atoms with Gasteiger partial charge in [-0.15, -0.1) is 11.3 Å². The Morgan fingerprint density at radius 3 is 1.73 bits per heavy atom. The minimum absolute atomic E-state index is 0.568. The van der Waals surface area contributed by atoms with E-state index in [4.69, 9.17) is 19.4 Å². The SMILES string of the molecule is c1ccc(-c2nc(-c3cccc4sc5ccccc5c34)nc(-n3c4ccccc4c4cc5c(cc43)c3ccccc3n5-c3cccc4oc5c(-c6ccccc6)cccc5c34)n2)cc1. The summed E-state index contributed by atoms with van der Waals surface area (Å²) in [6.07, 6.45) is 0. The molecule has 0 atom stereocenters. The average Bonchev–Trinajstić information content (AvgIpc) is 4.11. The summed E-state index contributed by atoms with van der Waals surface area (Å²) in [5.41, 5.74) is 11.2. The molecule has 14 rings (SSSR count). The second kappa shape index (κ2) is 13.6. The van der Waals surface area contributed by atoms with Gasteiger partial charge in [-0.3, -0.25) is 4.57 Å². The van der Waals surface area contributed by atoms with Gasteiger partial charge in [0.15, 0.2) is 11.6 Å². The molecule has 0 unspecified atom stereocenters. The molecule has 0 saturated heterocycles. The fourth-order valence-corrected chi connectivity index (χ4v) is 11.2. The van der Waals surface area contributed by atoms with Crippen LogP contribution in [0.5, 0.6) is 0 Å². The number of aromatic nitrogens is 5. The third-order valence-corrected chi connectivity index (χ3v) is 13.9. The molecule has 0 N–H and O–H groups in total. The van der Waals surface area contributed by atoms with E-state index in [1.165, 1.54) is 14.8 Å². The quantitative estimate of drug-likeness (QED) is 0.173. The van der Waals surface area contributed by atoms with Crippen LogP contribution < -0.4 is 0 Å². The van der Waals surface area contributed by atoms with Gasteiger partial charge in [-0.2, -0.15) is 9.97 Å². The van der Waals surface area contributed by atoms with Crippen LogP contribution in [0.1, 0.15) is 0 Å². The molecule has 0 bridgehead atoms. The number of furan rings is 1. The van der Waals surface area contributed by atoms with Crippen molar-refractivity contribution < 1.29 is 4.42 Å². The molecule has 0 amide bonds. The lowest BCUT2D eigenvalue weighted by Gasteiger charge is -2.12. The molecule has 298 valence electrons. The molecule has 0 fully saturated rings. The molecule has 5 aromatic heterocycles. The highest BCUT2D eigenvalue weighted by atomic mass is 32.1. The minimum atomic E-state index is 0.568. The highest BCUT2D eigenvalue weighted by Crippen LogP contribution is 2.44. The number of nitrogens with zero attached hydrogens (tertiary/aromatic N) is 5. The molecule has 0 radical (unpaired) electrons. The van der Waals surface area contributed by atoms with Crippen molar-refractivity contribution in [1.82, 2.24) is 24.1 Å². The maximum Gasteiger partial charge on any atom is 0.238 e. The Morgan fingerprint density at radius 1 is 0.375 bits per heavy atom. The lowest BCUT2D eigenvalue weighted by molar-refractivity contribution is 0.670. The molecular formula is C57H33N5OS. The van der Waals surface area contributed by atoms with E-state index in [9.17, 15) is 0 Å². The number of benzene rings is 9. The van der Waals surface area contributed by atoms with Gasteiger partial charge in [0.1, 0.15) is 11.2 Å². The lowest BCUT2D eigenvalue weighted by Crippen LogP contribution is -2.06. The monoisotopic (exact) mass is 835 g/mol. The van der Waals surface area contributed by atoms with E-state index in [1.807, 2.05) is 18.2 Å². The van der Waals surface area contributed by atoms with Crippen LogP contribution in [0.15, 0.2) is 205 Å². The molecule has 0 saturated carbocycles. The lowest BCUT2D eigenvalue weighted by atomic mass is 10.0. The van der Waals surface area contributed by atoms with Gasteiger partial charge in [-0.1, -0.05) is 152 Å². The summed E-state index contributed by atoms with van der Waals surface area (Å²) in [6, 6.07) is 70.7. The van der Waals surface area contributed by atoms with Gasteiger partial charge in [0.2, 0.25) is 5.95 Å². The van der Waals surface area contributed by atoms with Crippen molar-refractivity contribution in [2.24, 2.45) is 0 Å². The summed E-state index contributed by atoms with van der Waals surface area (Å²) in [6.45, 7) is 0. The van der Waals surface area contributed by atoms with Gasteiger partial charge in [-0.25, -0.2) is 4.98 Å². The Hall–Kier alpha value is -8.39. The fourth-order valence-electron chi connectivity index (χ4n) is 10.0. The van der Waals surface area contributed by atoms with Crippen LogP contribution >= 0.6 is 11.3 Å². The van der Waals surface area contributed by atoms with Crippen LogP contribution in [0, 0.1) is 0 Å². The zero-order valence-electron chi connectivity index (χ0n) is 34.1. The molecule has 64 heavy (non-hydrogen) atoms. The summed E-state index contributed by atoms with van der Waals surface area (Å²) < 4.78 is 13.9. The predicted octanol–water partition coefficient (Wildman–Crippen LogP) is 15.3. The van der Waals surface area contributed by atoms with Gasteiger partial charge < -0.3 is 8.98 Å². The van der Waals surface area contributed by atoms with Crippen molar-refractivity contribution in [3.05, 3.63) is 200 Å². The highest BCUT2D eigenvalue weighted by molar-refractivity contribution is 7.25. The van der Waals surface area contributed by atoms with Gasteiger partial charge in [0.25, 0.3) is 0 Å². The number of para-hydroxylation sites is 3. The predicted molar refractivity (Wildman–Crippen MR) is 265 cm³/mol. The average molecular weight is 836 g/mol. The summed E-state index contributed by atoms with van der Waals surface area (Å²) in [5.74, 6) is 1.83. The van der Waals surface area contributed by atoms with Crippen LogP contribution in [0.3, 0.4) is 0 Å². The van der Waals surface area contributed by atoms with Crippen LogP contribution in [0.4, 0.5) is 0 Å². The molecule has 6 nitrogen and oxygen atoms in total. The summed E-state index contributed by atoms with van der Waals surface area (Å²) >= 11 is 1.80. The number of hydrogen-bond acceptors (Lipinski definition) is 5. The van der Waals surface area contributed by atoms with Gasteiger partial charge >= 0.3 is 0 Å². The van der Waals surface area contributed by atoms with Gasteiger partial charge in [0.05, 0.1) is 33.1 Å². The molecule has 14 aromatic rings. The smallest absolute Gasteiger partial charge is 0.238 e. The summed E-state index contributed by atoms with van der Waals surface area (Å²) in [7, 11) is 0. The van der Waals surface area contributed by atoms with Gasteiger partial charge in [0, 0.05) is 63.8 Å². The Kier molecular flexibility index (Phi) is 7.46. The third kappa shape index (κ3) is 5.10. The van der Waals surface area contributed by atoms with Crippen molar-refractivity contribution in [1.29, 1.82) is 0 Å². The zero-order valence-corrected chi connectivity index (χ0v) is 34.9. The van der Waals surface area contributed by atoms with Crippen molar-refractivity contribution >= 4 is 97.1 Å². The van der Waals surface area contributed by atoms with Crippen LogP contribution in [-0.2, 0) is 0 Å². The van der Waals surface area contributed by atoms with Crippen molar-refractivity contribution in [2.45, 2.75) is 0 Å². The van der Waals surface area contributed by atoms with Crippen LogP contribution in [0.25, 0.3) is 131 Å². The summed E-state index contributed by atoms with van der Waals surface area (Å²) in [5, 5.41) is 9.04. The molecule has 5 heterocycles. The van der Waals surface area contributed by atoms with Crippen LogP contribution in [-0.4, -0.2) is 24.1 Å². The van der Waals surface area contributed by atoms with E-state index in [2.05, 4.69) is 191 Å². The maximum atomic E-state index is 6.77. The van der Waals surface area contributed by atoms with E-state index >= 15 is 0 Å². The molecular weight excluding hydrogens is 803 g/mol. The second-order valence-electron chi connectivity index (χ2n) is 16.3. The van der Waals surface area contributed by atoms with Crippen molar-refractivity contribution in [3.8, 4) is 45.5 Å². The maximum absolute atomic E-state index is 6.77. The standard InChI is InChI=1S/C57H33N5OS/c1-3-16-34(17-4-1)36-23-13-24-40-53-46(28-15-29-49(53)63-54(36)40)61-44-26-10-7-20-37(44)42-33-48-43(32-47(42)61)38-21-8-11-27-45(38)62(48)57-59-55(35-18-5-2-6-19-35)58-56(60-57)41-25-14-31-51-52(41)39-22-9-12-30-50(39)64-51/h1-33H. The van der Waals surface area contributed by atoms with Crippen molar-refractivity contribution in [3.63, 3.8) is 0 Å². The molecule has 0 spiro atoms. The first-order valence-corrected chi connectivity index (χ1v) is 22.3. The van der Waals surface area contributed by atoms with E-state index in [0.717, 1.165) is 98.9 Å². The minimum Gasteiger partial charge on any atom is -0.455 e. The van der Waals surface area contributed by atoms with E-state index in [1.54, 1.807) is 11.3 Å². The number of hydrogen-bond donors (Lipinski definition) is 0. The molecule has 9 aromatic carbocycles. The topological polar surface area (TPSA) is 61.7 Å². The normalized spacial score (nSPS) is 12.1. The van der Waals surface area contributed by atoms with E-state index in [0.29, 0.717) is 17.6 Å². The molecule has 7 heteroatoms. The van der Waals surface area contributed by atoms with E-state index in [-0.39, 0.29) is 0 Å². The molecule has 0 aliphatic rings. The Morgan fingerprint density at radius 2 is 0.953 bits per heavy atom. The third-order valence-electron chi connectivity index (χ3n) is 12.8. The number of fused-ring (bicyclic) bond motifs is 12. The number of rotatable bonds is 5. The van der Waals surface area contributed by atoms with Gasteiger partial charge in [-0.05, 0) is 54.1 Å². The first kappa shape index (κ1) is 35.2. The molecule has 0 aliphatic heterocycles. The Labute approximate surface area is 369 Å². The Balaban J connectivity index is 1.06. The second-order valence-corrected chi connectivity index (χ2v) is 17.4. The molecule has 0 aliphatic carbocycles. The highest BCUT2D eigenvalue weighted by Gasteiger charge is 2.24. The summed E-state index contributed by atoms with van der Waals surface area (Å²) in [4.78, 5) is 16.0.